The van der Waals surface area contributed by atoms with E-state index in [1.54, 1.807) is 0 Å². The van der Waals surface area contributed by atoms with Gasteiger partial charge in [0, 0.05) is 30.7 Å². The van der Waals surface area contributed by atoms with E-state index in [0.29, 0.717) is 6.04 Å². The lowest BCUT2D eigenvalue weighted by Crippen LogP contribution is -2.47. The summed E-state index contributed by atoms with van der Waals surface area (Å²) in [5.74, 6) is -0.297. The lowest BCUT2D eigenvalue weighted by atomic mass is 9.98. The van der Waals surface area contributed by atoms with Crippen LogP contribution >= 0.6 is 0 Å². The first-order valence-corrected chi connectivity index (χ1v) is 10.0. The first-order chi connectivity index (χ1) is 13.8. The van der Waals surface area contributed by atoms with Gasteiger partial charge in [0.1, 0.15) is 5.69 Å². The molecule has 0 amide bonds. The lowest BCUT2D eigenvalue weighted by Gasteiger charge is -2.39. The van der Waals surface area contributed by atoms with Gasteiger partial charge in [-0.3, -0.25) is 4.57 Å². The maximum atomic E-state index is 13.0. The second kappa shape index (κ2) is 7.87. The van der Waals surface area contributed by atoms with Crippen LogP contribution in [0.25, 0.3) is 11.3 Å². The van der Waals surface area contributed by atoms with Crippen LogP contribution in [0.4, 0.5) is 13.2 Å². The number of imidazole rings is 1. The lowest BCUT2D eigenvalue weighted by molar-refractivity contribution is -0.137. The molecule has 0 bridgehead atoms. The summed E-state index contributed by atoms with van der Waals surface area (Å²) in [5, 5.41) is 14.0. The Labute approximate surface area is 166 Å². The number of piperidine rings is 2. The van der Waals surface area contributed by atoms with E-state index in [2.05, 4.69) is 15.2 Å². The zero-order valence-corrected chi connectivity index (χ0v) is 16.0. The van der Waals surface area contributed by atoms with E-state index in [4.69, 9.17) is 0 Å². The smallest absolute Gasteiger partial charge is 0.416 e. The molecule has 6 nitrogen and oxygen atoms in total. The van der Waals surface area contributed by atoms with Gasteiger partial charge in [-0.2, -0.15) is 13.2 Å². The van der Waals surface area contributed by atoms with Crippen LogP contribution in [-0.4, -0.2) is 51.8 Å². The van der Waals surface area contributed by atoms with Crippen LogP contribution < -0.4 is 11.0 Å². The molecule has 3 heterocycles. The van der Waals surface area contributed by atoms with Gasteiger partial charge in [0.05, 0.1) is 5.56 Å². The summed E-state index contributed by atoms with van der Waals surface area (Å²) in [6.45, 7) is 3.71. The number of aromatic amines is 1. The number of aromatic nitrogens is 2. The molecule has 2 saturated heterocycles. The summed E-state index contributed by atoms with van der Waals surface area (Å²) >= 11 is 0. The Morgan fingerprint density at radius 2 is 1.72 bits per heavy atom. The van der Waals surface area contributed by atoms with Crippen molar-refractivity contribution in [3.63, 3.8) is 0 Å². The Balaban J connectivity index is 1.53. The molecule has 0 saturated carbocycles. The second-order valence-electron chi connectivity index (χ2n) is 7.83. The first kappa shape index (κ1) is 20.0. The highest BCUT2D eigenvalue weighted by Gasteiger charge is 2.32. The number of halogens is 3. The van der Waals surface area contributed by atoms with E-state index in [0.717, 1.165) is 64.0 Å². The van der Waals surface area contributed by atoms with Gasteiger partial charge < -0.3 is 20.3 Å². The molecule has 29 heavy (non-hydrogen) atoms. The van der Waals surface area contributed by atoms with Crippen LogP contribution in [0, 0.1) is 0 Å². The number of benzene rings is 1. The topological polar surface area (TPSA) is 73.3 Å². The SMILES string of the molecule is O=c1[nH]c(-c2cccc(C(F)(F)F)c2)c(O)n1C1CCN(C2CCNCC2)CC1. The highest BCUT2D eigenvalue weighted by atomic mass is 19.4. The summed E-state index contributed by atoms with van der Waals surface area (Å²) in [4.78, 5) is 17.5. The van der Waals surface area contributed by atoms with Crippen molar-refractivity contribution in [3.8, 4) is 17.1 Å². The van der Waals surface area contributed by atoms with Crippen molar-refractivity contribution in [3.05, 3.63) is 40.3 Å². The number of hydrogen-bond donors (Lipinski definition) is 3. The van der Waals surface area contributed by atoms with Gasteiger partial charge in [0.2, 0.25) is 5.88 Å². The fourth-order valence-corrected chi connectivity index (χ4v) is 4.51. The number of rotatable bonds is 3. The third kappa shape index (κ3) is 4.06. The molecule has 1 aromatic heterocycles. The normalized spacial score (nSPS) is 20.2. The van der Waals surface area contributed by atoms with Crippen molar-refractivity contribution in [1.29, 1.82) is 0 Å². The Morgan fingerprint density at radius 1 is 1.03 bits per heavy atom. The number of aromatic hydroxyl groups is 1. The summed E-state index contributed by atoms with van der Waals surface area (Å²) in [7, 11) is 0. The maximum Gasteiger partial charge on any atom is 0.416 e. The predicted molar refractivity (Wildman–Crippen MR) is 103 cm³/mol. The number of likely N-dealkylation sites (tertiary alicyclic amines) is 1. The van der Waals surface area contributed by atoms with Gasteiger partial charge >= 0.3 is 11.9 Å². The van der Waals surface area contributed by atoms with Crippen molar-refractivity contribution >= 4 is 0 Å². The Hall–Kier alpha value is -2.26. The Bertz CT molecular complexity index is 907. The van der Waals surface area contributed by atoms with Gasteiger partial charge in [0.25, 0.3) is 0 Å². The molecular formula is C20H25F3N4O2. The van der Waals surface area contributed by atoms with E-state index in [1.165, 1.54) is 16.7 Å². The Morgan fingerprint density at radius 3 is 2.38 bits per heavy atom. The van der Waals surface area contributed by atoms with Gasteiger partial charge in [-0.15, -0.1) is 0 Å². The maximum absolute atomic E-state index is 13.0. The second-order valence-corrected chi connectivity index (χ2v) is 7.83. The summed E-state index contributed by atoms with van der Waals surface area (Å²) in [5.41, 5.74) is -1.14. The molecule has 2 aliphatic heterocycles. The summed E-state index contributed by atoms with van der Waals surface area (Å²) in [6, 6.07) is 5.00. The van der Waals surface area contributed by atoms with E-state index >= 15 is 0 Å². The molecule has 2 aromatic rings. The highest BCUT2D eigenvalue weighted by Crippen LogP contribution is 2.36. The van der Waals surface area contributed by atoms with Crippen molar-refractivity contribution < 1.29 is 18.3 Å². The van der Waals surface area contributed by atoms with E-state index in [-0.39, 0.29) is 23.2 Å². The molecule has 4 rings (SSSR count). The van der Waals surface area contributed by atoms with Gasteiger partial charge in [-0.05, 0) is 50.9 Å². The van der Waals surface area contributed by atoms with Gasteiger partial charge in [-0.25, -0.2) is 4.79 Å². The molecule has 158 valence electrons. The molecule has 0 spiro atoms. The van der Waals surface area contributed by atoms with Crippen molar-refractivity contribution in [2.75, 3.05) is 26.2 Å². The van der Waals surface area contributed by atoms with E-state index in [1.807, 2.05) is 0 Å². The molecule has 2 fully saturated rings. The third-order valence-electron chi connectivity index (χ3n) is 6.07. The molecular weight excluding hydrogens is 385 g/mol. The number of hydrogen-bond acceptors (Lipinski definition) is 4. The number of alkyl halides is 3. The molecule has 1 aromatic carbocycles. The molecule has 3 N–H and O–H groups in total. The molecule has 0 unspecified atom stereocenters. The van der Waals surface area contributed by atoms with E-state index in [9.17, 15) is 23.1 Å². The van der Waals surface area contributed by atoms with Crippen molar-refractivity contribution in [2.45, 2.75) is 43.9 Å². The number of H-pyrrole nitrogens is 1. The van der Waals surface area contributed by atoms with Gasteiger partial charge in [0.15, 0.2) is 0 Å². The van der Waals surface area contributed by atoms with Crippen LogP contribution in [0.15, 0.2) is 29.1 Å². The fourth-order valence-electron chi connectivity index (χ4n) is 4.51. The van der Waals surface area contributed by atoms with Gasteiger partial charge in [-0.1, -0.05) is 12.1 Å². The predicted octanol–water partition coefficient (Wildman–Crippen LogP) is 2.96. The zero-order chi connectivity index (χ0) is 20.6. The van der Waals surface area contributed by atoms with E-state index < -0.39 is 17.4 Å². The Kier molecular flexibility index (Phi) is 5.44. The van der Waals surface area contributed by atoms with Crippen LogP contribution in [0.5, 0.6) is 5.88 Å². The average Bonchev–Trinajstić information content (AvgIpc) is 3.02. The molecule has 0 radical (unpaired) electrons. The standard InChI is InChI=1S/C20H25F3N4O2/c21-20(22,23)14-3-1-2-13(12-14)17-18(28)27(19(29)25-17)16-6-10-26(11-7-16)15-4-8-24-9-5-15/h1-3,12,15-16,24,28H,4-11H2,(H,25,29). The minimum Gasteiger partial charge on any atom is -0.493 e. The van der Waals surface area contributed by atoms with Crippen LogP contribution in [0.1, 0.15) is 37.3 Å². The molecule has 9 heteroatoms. The third-order valence-corrected chi connectivity index (χ3v) is 6.07. The number of nitrogens with zero attached hydrogens (tertiary/aromatic N) is 2. The zero-order valence-electron chi connectivity index (χ0n) is 16.0. The van der Waals surface area contributed by atoms with Crippen LogP contribution in [0.2, 0.25) is 0 Å². The fraction of sp³-hybridized carbons (Fsp3) is 0.550. The van der Waals surface area contributed by atoms with Crippen LogP contribution in [0.3, 0.4) is 0 Å². The largest absolute Gasteiger partial charge is 0.493 e. The molecule has 2 aliphatic rings. The molecule has 0 aliphatic carbocycles. The van der Waals surface area contributed by atoms with Crippen molar-refractivity contribution in [2.24, 2.45) is 0 Å². The monoisotopic (exact) mass is 410 g/mol. The summed E-state index contributed by atoms with van der Waals surface area (Å²) in [6.07, 6.45) is -0.829. The van der Waals surface area contributed by atoms with Crippen LogP contribution in [-0.2, 0) is 6.18 Å². The highest BCUT2D eigenvalue weighted by molar-refractivity contribution is 5.65. The molecule has 0 atom stereocenters. The number of nitrogens with one attached hydrogen (secondary N) is 2. The first-order valence-electron chi connectivity index (χ1n) is 10.0. The quantitative estimate of drug-likeness (QED) is 0.728. The van der Waals surface area contributed by atoms with Crippen molar-refractivity contribution in [1.82, 2.24) is 19.8 Å². The minimum absolute atomic E-state index is 0.0295. The minimum atomic E-state index is -4.49. The summed E-state index contributed by atoms with van der Waals surface area (Å²) < 4.78 is 40.3. The average molecular weight is 410 g/mol.